The minimum Gasteiger partial charge on any atom is -0.314 e. The van der Waals surface area contributed by atoms with Crippen LogP contribution in [0.5, 0.6) is 0 Å². The average molecular weight is 259 g/mol. The molecule has 1 aromatic rings. The van der Waals surface area contributed by atoms with Gasteiger partial charge in [0.05, 0.1) is 0 Å². The number of benzene rings is 1. The third-order valence-electron chi connectivity index (χ3n) is 4.47. The second-order valence-corrected chi connectivity index (χ2v) is 5.95. The zero-order chi connectivity index (χ0) is 13.5. The van der Waals surface area contributed by atoms with Gasteiger partial charge in [-0.3, -0.25) is 0 Å². The lowest BCUT2D eigenvalue weighted by atomic mass is 9.80. The SMILES string of the molecule is CCCC(CCc1ccc(C2CCC2)cc1)NCC. The average Bonchev–Trinajstić information content (AvgIpc) is 2.36. The molecular formula is C18H29N. The molecule has 1 fully saturated rings. The molecule has 0 aliphatic heterocycles. The van der Waals surface area contributed by atoms with Gasteiger partial charge in [0.25, 0.3) is 0 Å². The van der Waals surface area contributed by atoms with Crippen LogP contribution in [0, 0.1) is 0 Å². The van der Waals surface area contributed by atoms with Crippen LogP contribution in [0.25, 0.3) is 0 Å². The second kappa shape index (κ2) is 7.69. The fourth-order valence-corrected chi connectivity index (χ4v) is 3.02. The Morgan fingerprint density at radius 1 is 1.11 bits per heavy atom. The van der Waals surface area contributed by atoms with Gasteiger partial charge in [0.15, 0.2) is 0 Å². The van der Waals surface area contributed by atoms with E-state index in [-0.39, 0.29) is 0 Å². The minimum atomic E-state index is 0.696. The molecule has 1 N–H and O–H groups in total. The summed E-state index contributed by atoms with van der Waals surface area (Å²) in [6.07, 6.45) is 9.28. The van der Waals surface area contributed by atoms with Crippen molar-refractivity contribution in [3.05, 3.63) is 35.4 Å². The van der Waals surface area contributed by atoms with Crippen molar-refractivity contribution in [1.29, 1.82) is 0 Å². The summed E-state index contributed by atoms with van der Waals surface area (Å²) in [5.41, 5.74) is 3.06. The summed E-state index contributed by atoms with van der Waals surface area (Å²) in [6.45, 7) is 5.57. The first-order valence-corrected chi connectivity index (χ1v) is 8.15. The van der Waals surface area contributed by atoms with E-state index in [4.69, 9.17) is 0 Å². The highest BCUT2D eigenvalue weighted by atomic mass is 14.9. The van der Waals surface area contributed by atoms with Crippen LogP contribution in [-0.4, -0.2) is 12.6 Å². The number of rotatable bonds is 8. The van der Waals surface area contributed by atoms with Gasteiger partial charge in [-0.25, -0.2) is 0 Å². The number of aryl methyl sites for hydroxylation is 1. The number of nitrogens with one attached hydrogen (secondary N) is 1. The number of hydrogen-bond acceptors (Lipinski definition) is 1. The molecule has 0 heterocycles. The van der Waals surface area contributed by atoms with E-state index in [0.29, 0.717) is 6.04 Å². The van der Waals surface area contributed by atoms with Crippen molar-refractivity contribution in [3.8, 4) is 0 Å². The summed E-state index contributed by atoms with van der Waals surface area (Å²) >= 11 is 0. The van der Waals surface area contributed by atoms with Crippen molar-refractivity contribution in [1.82, 2.24) is 5.32 Å². The molecule has 1 aromatic carbocycles. The summed E-state index contributed by atoms with van der Waals surface area (Å²) in [5, 5.41) is 3.60. The smallest absolute Gasteiger partial charge is 0.00700 e. The molecule has 19 heavy (non-hydrogen) atoms. The fraction of sp³-hybridized carbons (Fsp3) is 0.667. The van der Waals surface area contributed by atoms with Gasteiger partial charge in [-0.1, -0.05) is 51.0 Å². The molecule has 1 aliphatic rings. The van der Waals surface area contributed by atoms with Crippen molar-refractivity contribution in [2.75, 3.05) is 6.54 Å². The first-order valence-electron chi connectivity index (χ1n) is 8.15. The highest BCUT2D eigenvalue weighted by Gasteiger charge is 2.18. The molecule has 1 atom stereocenters. The van der Waals surface area contributed by atoms with Crippen LogP contribution in [0.1, 0.15) is 69.4 Å². The molecule has 0 radical (unpaired) electrons. The Kier molecular flexibility index (Phi) is 5.91. The maximum atomic E-state index is 3.60. The molecular weight excluding hydrogens is 230 g/mol. The van der Waals surface area contributed by atoms with E-state index in [2.05, 4.69) is 43.4 Å². The molecule has 106 valence electrons. The molecule has 1 heteroatoms. The summed E-state index contributed by atoms with van der Waals surface area (Å²) in [6, 6.07) is 10.1. The van der Waals surface area contributed by atoms with Gasteiger partial charge in [-0.15, -0.1) is 0 Å². The predicted octanol–water partition coefficient (Wildman–Crippen LogP) is 4.66. The molecule has 0 aromatic heterocycles. The first kappa shape index (κ1) is 14.6. The van der Waals surface area contributed by atoms with Crippen molar-refractivity contribution in [2.24, 2.45) is 0 Å². The molecule has 0 amide bonds. The largest absolute Gasteiger partial charge is 0.314 e. The highest BCUT2D eigenvalue weighted by molar-refractivity contribution is 5.26. The van der Waals surface area contributed by atoms with E-state index in [1.54, 1.807) is 5.56 Å². The highest BCUT2D eigenvalue weighted by Crippen LogP contribution is 2.36. The Balaban J connectivity index is 1.81. The van der Waals surface area contributed by atoms with Crippen LogP contribution in [-0.2, 0) is 6.42 Å². The molecule has 1 unspecified atom stereocenters. The van der Waals surface area contributed by atoms with Gasteiger partial charge in [-0.2, -0.15) is 0 Å². The van der Waals surface area contributed by atoms with Crippen molar-refractivity contribution in [3.63, 3.8) is 0 Å². The molecule has 0 spiro atoms. The first-order chi connectivity index (χ1) is 9.33. The lowest BCUT2D eigenvalue weighted by molar-refractivity contribution is 0.419. The summed E-state index contributed by atoms with van der Waals surface area (Å²) in [5.74, 6) is 0.864. The van der Waals surface area contributed by atoms with Crippen LogP contribution >= 0.6 is 0 Å². The Labute approximate surface area is 118 Å². The van der Waals surface area contributed by atoms with Crippen molar-refractivity contribution < 1.29 is 0 Å². The topological polar surface area (TPSA) is 12.0 Å². The fourth-order valence-electron chi connectivity index (χ4n) is 3.02. The Hall–Kier alpha value is -0.820. The van der Waals surface area contributed by atoms with Crippen LogP contribution in [0.4, 0.5) is 0 Å². The molecule has 1 aliphatic carbocycles. The molecule has 2 rings (SSSR count). The number of hydrogen-bond donors (Lipinski definition) is 1. The molecule has 0 saturated heterocycles. The Bertz CT molecular complexity index is 344. The van der Waals surface area contributed by atoms with E-state index in [1.807, 2.05) is 0 Å². The van der Waals surface area contributed by atoms with Crippen molar-refractivity contribution >= 4 is 0 Å². The summed E-state index contributed by atoms with van der Waals surface area (Å²) in [7, 11) is 0. The van der Waals surface area contributed by atoms with Gasteiger partial charge in [0.1, 0.15) is 0 Å². The zero-order valence-electron chi connectivity index (χ0n) is 12.6. The second-order valence-electron chi connectivity index (χ2n) is 5.95. The van der Waals surface area contributed by atoms with Gasteiger partial charge >= 0.3 is 0 Å². The maximum Gasteiger partial charge on any atom is 0.00700 e. The summed E-state index contributed by atoms with van der Waals surface area (Å²) in [4.78, 5) is 0. The monoisotopic (exact) mass is 259 g/mol. The van der Waals surface area contributed by atoms with Gasteiger partial charge in [0.2, 0.25) is 0 Å². The third kappa shape index (κ3) is 4.35. The standard InChI is InChI=1S/C18H29N/c1-3-6-18(19-4-2)14-11-15-9-12-17(13-10-15)16-7-5-8-16/h9-10,12-13,16,18-19H,3-8,11,14H2,1-2H3. The Morgan fingerprint density at radius 3 is 2.37 bits per heavy atom. The van der Waals surface area contributed by atoms with E-state index in [9.17, 15) is 0 Å². The van der Waals surface area contributed by atoms with E-state index in [0.717, 1.165) is 12.5 Å². The molecule has 1 saturated carbocycles. The maximum absolute atomic E-state index is 3.60. The van der Waals surface area contributed by atoms with Gasteiger partial charge in [0, 0.05) is 6.04 Å². The lowest BCUT2D eigenvalue weighted by Crippen LogP contribution is -2.29. The van der Waals surface area contributed by atoms with Crippen LogP contribution < -0.4 is 5.32 Å². The Morgan fingerprint density at radius 2 is 1.84 bits per heavy atom. The molecule has 0 bridgehead atoms. The van der Waals surface area contributed by atoms with Gasteiger partial charge in [-0.05, 0) is 55.7 Å². The van der Waals surface area contributed by atoms with Crippen LogP contribution in [0.3, 0.4) is 0 Å². The predicted molar refractivity (Wildman–Crippen MR) is 83.7 cm³/mol. The van der Waals surface area contributed by atoms with E-state index >= 15 is 0 Å². The molecule has 1 nitrogen and oxygen atoms in total. The van der Waals surface area contributed by atoms with Gasteiger partial charge < -0.3 is 5.32 Å². The minimum absolute atomic E-state index is 0.696. The quantitative estimate of drug-likeness (QED) is 0.715. The summed E-state index contributed by atoms with van der Waals surface area (Å²) < 4.78 is 0. The van der Waals surface area contributed by atoms with E-state index in [1.165, 1.54) is 50.5 Å². The zero-order valence-corrected chi connectivity index (χ0v) is 12.6. The normalized spacial score (nSPS) is 17.2. The van der Waals surface area contributed by atoms with Crippen molar-refractivity contribution in [2.45, 2.75) is 70.8 Å². The van der Waals surface area contributed by atoms with Crippen LogP contribution in [0.2, 0.25) is 0 Å². The lowest BCUT2D eigenvalue weighted by Gasteiger charge is -2.26. The van der Waals surface area contributed by atoms with E-state index < -0.39 is 0 Å². The van der Waals surface area contributed by atoms with Crippen LogP contribution in [0.15, 0.2) is 24.3 Å². The third-order valence-corrected chi connectivity index (χ3v) is 4.47.